The molecule has 0 radical (unpaired) electrons. The van der Waals surface area contributed by atoms with Crippen molar-refractivity contribution in [3.63, 3.8) is 0 Å². The number of nitrogens with zero attached hydrogens (tertiary/aromatic N) is 2. The number of carbonyl (C=O) groups is 4. The van der Waals surface area contributed by atoms with Gasteiger partial charge >= 0.3 is 0 Å². The van der Waals surface area contributed by atoms with Gasteiger partial charge in [-0.05, 0) is 67.3 Å². The molecular formula is C30H24N2O6. The molecule has 0 spiro atoms. The number of rotatable bonds is 5. The zero-order valence-electron chi connectivity index (χ0n) is 20.7. The summed E-state index contributed by atoms with van der Waals surface area (Å²) in [6, 6.07) is 21.8. The van der Waals surface area contributed by atoms with Gasteiger partial charge < -0.3 is 9.47 Å². The van der Waals surface area contributed by atoms with Gasteiger partial charge in [-0.3, -0.25) is 29.0 Å². The predicted molar refractivity (Wildman–Crippen MR) is 135 cm³/mol. The summed E-state index contributed by atoms with van der Waals surface area (Å²) in [6.07, 6.45) is 0. The van der Waals surface area contributed by atoms with E-state index < -0.39 is 23.7 Å². The highest BCUT2D eigenvalue weighted by Gasteiger charge is 2.79. The minimum atomic E-state index is -0.524. The summed E-state index contributed by atoms with van der Waals surface area (Å²) in [4.78, 5) is 53.8. The van der Waals surface area contributed by atoms with Crippen molar-refractivity contribution < 1.29 is 28.7 Å². The summed E-state index contributed by atoms with van der Waals surface area (Å²) < 4.78 is 11.9. The second kappa shape index (κ2) is 8.02. The highest BCUT2D eigenvalue weighted by molar-refractivity contribution is 6.24. The molecule has 4 aliphatic rings. The third kappa shape index (κ3) is 3.09. The van der Waals surface area contributed by atoms with E-state index in [0.29, 0.717) is 22.9 Å². The molecule has 4 amide bonds. The lowest BCUT2D eigenvalue weighted by Crippen LogP contribution is -2.66. The largest absolute Gasteiger partial charge is 0.457 e. The van der Waals surface area contributed by atoms with Gasteiger partial charge in [-0.2, -0.15) is 0 Å². The Morgan fingerprint density at radius 2 is 1.03 bits per heavy atom. The van der Waals surface area contributed by atoms with E-state index in [9.17, 15) is 19.2 Å². The van der Waals surface area contributed by atoms with Gasteiger partial charge in [0.15, 0.2) is 0 Å². The monoisotopic (exact) mass is 508 g/mol. The minimum absolute atomic E-state index is 0.218. The number of amides is 4. The van der Waals surface area contributed by atoms with Crippen LogP contribution < -0.4 is 14.4 Å². The summed E-state index contributed by atoms with van der Waals surface area (Å²) in [7, 11) is 1.48. The summed E-state index contributed by atoms with van der Waals surface area (Å²) in [5.41, 5.74) is 1.60. The van der Waals surface area contributed by atoms with Gasteiger partial charge in [-0.1, -0.05) is 23.8 Å². The molecule has 2 aliphatic carbocycles. The Hall–Kier alpha value is -4.46. The topological polar surface area (TPSA) is 93.2 Å². The summed E-state index contributed by atoms with van der Waals surface area (Å²) in [5, 5.41) is 0. The highest BCUT2D eigenvalue weighted by Crippen LogP contribution is 2.69. The van der Waals surface area contributed by atoms with E-state index in [1.165, 1.54) is 11.9 Å². The average molecular weight is 509 g/mol. The quantitative estimate of drug-likeness (QED) is 0.480. The summed E-state index contributed by atoms with van der Waals surface area (Å²) in [6.45, 7) is 2.01. The Labute approximate surface area is 218 Å². The summed E-state index contributed by atoms with van der Waals surface area (Å²) in [5.74, 6) is -0.960. The molecule has 7 rings (SSSR count). The van der Waals surface area contributed by atoms with Crippen molar-refractivity contribution in [2.24, 2.45) is 35.5 Å². The summed E-state index contributed by atoms with van der Waals surface area (Å²) >= 11 is 0. The molecule has 6 unspecified atom stereocenters. The van der Waals surface area contributed by atoms with Crippen LogP contribution in [0.15, 0.2) is 72.8 Å². The van der Waals surface area contributed by atoms with Gasteiger partial charge in [-0.15, -0.1) is 0 Å². The maximum Gasteiger partial charge on any atom is 0.238 e. The highest BCUT2D eigenvalue weighted by atomic mass is 16.5. The first-order valence-corrected chi connectivity index (χ1v) is 12.7. The Morgan fingerprint density at radius 3 is 1.53 bits per heavy atom. The lowest BCUT2D eigenvalue weighted by atomic mass is 9.39. The number of ether oxygens (including phenoxy) is 2. The van der Waals surface area contributed by atoms with Crippen LogP contribution >= 0.6 is 0 Å². The Balaban J connectivity index is 1.06. The van der Waals surface area contributed by atoms with E-state index in [2.05, 4.69) is 0 Å². The van der Waals surface area contributed by atoms with Crippen molar-refractivity contribution >= 4 is 29.3 Å². The van der Waals surface area contributed by atoms with E-state index in [1.807, 2.05) is 49.4 Å². The number of likely N-dealkylation sites (tertiary alicyclic amines) is 1. The number of hydrogen-bond acceptors (Lipinski definition) is 6. The molecule has 2 heterocycles. The minimum Gasteiger partial charge on any atom is -0.457 e. The number of anilines is 1. The van der Waals surface area contributed by atoms with Gasteiger partial charge in [0.2, 0.25) is 23.6 Å². The van der Waals surface area contributed by atoms with Crippen LogP contribution in [0.1, 0.15) is 5.56 Å². The second-order valence-electron chi connectivity index (χ2n) is 10.5. The first-order chi connectivity index (χ1) is 18.3. The molecule has 0 N–H and O–H groups in total. The maximum absolute atomic E-state index is 13.3. The molecule has 38 heavy (non-hydrogen) atoms. The third-order valence-electron chi connectivity index (χ3n) is 8.51. The van der Waals surface area contributed by atoms with Crippen LogP contribution in [0.2, 0.25) is 0 Å². The molecule has 2 aliphatic heterocycles. The fourth-order valence-corrected chi connectivity index (χ4v) is 6.70. The molecule has 0 bridgehead atoms. The van der Waals surface area contributed by atoms with Gasteiger partial charge in [0, 0.05) is 13.1 Å². The van der Waals surface area contributed by atoms with E-state index in [0.717, 1.165) is 16.2 Å². The first kappa shape index (κ1) is 22.7. The first-order valence-electron chi connectivity index (χ1n) is 12.7. The van der Waals surface area contributed by atoms with E-state index in [1.54, 1.807) is 30.3 Å². The molecule has 3 aromatic rings. The number of fused-ring (bicyclic) bond motifs is 7. The Morgan fingerprint density at radius 1 is 0.579 bits per heavy atom. The van der Waals surface area contributed by atoms with Gasteiger partial charge in [0.25, 0.3) is 0 Å². The van der Waals surface area contributed by atoms with Crippen LogP contribution in [0, 0.1) is 42.4 Å². The number of benzene rings is 3. The van der Waals surface area contributed by atoms with E-state index in [4.69, 9.17) is 9.47 Å². The van der Waals surface area contributed by atoms with Crippen molar-refractivity contribution in [2.75, 3.05) is 11.9 Å². The molecule has 6 atom stereocenters. The van der Waals surface area contributed by atoms with Crippen LogP contribution in [0.5, 0.6) is 23.0 Å². The fourth-order valence-electron chi connectivity index (χ4n) is 6.70. The van der Waals surface area contributed by atoms with Crippen molar-refractivity contribution in [2.45, 2.75) is 6.92 Å². The van der Waals surface area contributed by atoms with Crippen LogP contribution in [0.4, 0.5) is 5.69 Å². The standard InChI is InChI=1S/C30H24N2O6/c1-15-6-10-17(11-7-15)37-19-4-3-5-20(14-19)38-18-12-8-16(9-13-18)32-29(35)25-21-22(26(25)30(32)36)24-23(21)27(33)31(2)28(24)34/h3-14,21-26H,1-2H3. The molecular weight excluding hydrogens is 484 g/mol. The Kier molecular flexibility index (Phi) is 4.79. The van der Waals surface area contributed by atoms with Crippen LogP contribution in [-0.2, 0) is 19.2 Å². The molecule has 3 aromatic carbocycles. The zero-order chi connectivity index (χ0) is 26.3. The van der Waals surface area contributed by atoms with Gasteiger partial charge in [-0.25, -0.2) is 0 Å². The molecule has 2 saturated carbocycles. The molecule has 4 fully saturated rings. The number of carbonyl (C=O) groups excluding carboxylic acids is 4. The Bertz CT molecular complexity index is 1470. The molecule has 8 heteroatoms. The third-order valence-corrected chi connectivity index (χ3v) is 8.51. The molecule has 0 aromatic heterocycles. The number of hydrogen-bond donors (Lipinski definition) is 0. The predicted octanol–water partition coefficient (Wildman–Crippen LogP) is 4.18. The maximum atomic E-state index is 13.3. The number of imide groups is 2. The second-order valence-corrected chi connectivity index (χ2v) is 10.5. The van der Waals surface area contributed by atoms with Crippen molar-refractivity contribution in [1.82, 2.24) is 4.90 Å². The molecule has 2 saturated heterocycles. The van der Waals surface area contributed by atoms with Crippen LogP contribution in [0.3, 0.4) is 0 Å². The van der Waals surface area contributed by atoms with Crippen LogP contribution in [0.25, 0.3) is 0 Å². The number of aryl methyl sites for hydroxylation is 1. The van der Waals surface area contributed by atoms with Gasteiger partial charge in [0.05, 0.1) is 29.4 Å². The normalized spacial score (nSPS) is 28.9. The zero-order valence-corrected chi connectivity index (χ0v) is 20.7. The fraction of sp³-hybridized carbons (Fsp3) is 0.267. The molecule has 8 nitrogen and oxygen atoms in total. The van der Waals surface area contributed by atoms with E-state index in [-0.39, 0.29) is 35.5 Å². The van der Waals surface area contributed by atoms with E-state index >= 15 is 0 Å². The van der Waals surface area contributed by atoms with Crippen molar-refractivity contribution in [3.8, 4) is 23.0 Å². The van der Waals surface area contributed by atoms with Gasteiger partial charge in [0.1, 0.15) is 23.0 Å². The average Bonchev–Trinajstić information content (AvgIpc) is 3.21. The molecule has 190 valence electrons. The smallest absolute Gasteiger partial charge is 0.238 e. The van der Waals surface area contributed by atoms with Crippen molar-refractivity contribution in [1.29, 1.82) is 0 Å². The van der Waals surface area contributed by atoms with Crippen molar-refractivity contribution in [3.05, 3.63) is 78.4 Å². The SMILES string of the molecule is Cc1ccc(Oc2cccc(Oc3ccc(N4C(=O)C5C(C4=O)C4C6C(=O)N(C)C(=O)C6C54)cc3)c2)cc1. The van der Waals surface area contributed by atoms with Crippen LogP contribution in [-0.4, -0.2) is 35.6 Å². The lowest BCUT2D eigenvalue weighted by molar-refractivity contribution is -0.189. The lowest BCUT2D eigenvalue weighted by Gasteiger charge is -2.59.